The Bertz CT molecular complexity index is 510. The van der Waals surface area contributed by atoms with Crippen LogP contribution in [0.5, 0.6) is 0 Å². The molecule has 0 aromatic heterocycles. The maximum atomic E-state index is 12.1. The summed E-state index contributed by atoms with van der Waals surface area (Å²) in [6, 6.07) is 9.20. The molecule has 1 atom stereocenters. The molecule has 1 saturated heterocycles. The summed E-state index contributed by atoms with van der Waals surface area (Å²) in [5.41, 5.74) is 0.526. The van der Waals surface area contributed by atoms with E-state index in [2.05, 4.69) is 10.0 Å². The second-order valence-electron chi connectivity index (χ2n) is 5.31. The molecule has 0 spiro atoms. The van der Waals surface area contributed by atoms with Gasteiger partial charge in [-0.1, -0.05) is 30.3 Å². The van der Waals surface area contributed by atoms with E-state index in [0.29, 0.717) is 13.2 Å². The Hall–Kier alpha value is -0.950. The maximum absolute atomic E-state index is 12.1. The molecule has 1 aliphatic heterocycles. The molecule has 1 heterocycles. The second-order valence-corrected chi connectivity index (χ2v) is 7.12. The summed E-state index contributed by atoms with van der Waals surface area (Å²) in [6.07, 6.45) is 1.97. The summed E-state index contributed by atoms with van der Waals surface area (Å²) in [5, 5.41) is 3.36. The first-order valence-corrected chi connectivity index (χ1v) is 8.46. The minimum atomic E-state index is -3.32. The number of methoxy groups -OCH3 is 1. The van der Waals surface area contributed by atoms with Gasteiger partial charge in [0.25, 0.3) is 0 Å². The molecule has 2 N–H and O–H groups in total. The van der Waals surface area contributed by atoms with Crippen LogP contribution in [-0.4, -0.2) is 40.8 Å². The van der Waals surface area contributed by atoms with Crippen molar-refractivity contribution in [2.45, 2.75) is 24.1 Å². The van der Waals surface area contributed by atoms with Gasteiger partial charge in [-0.2, -0.15) is 0 Å². The fraction of sp³-hybridized carbons (Fsp3) is 0.571. The van der Waals surface area contributed by atoms with Crippen LogP contribution in [0.1, 0.15) is 18.4 Å². The van der Waals surface area contributed by atoms with Crippen molar-refractivity contribution in [1.29, 1.82) is 0 Å². The molecule has 1 fully saturated rings. The first-order valence-electron chi connectivity index (χ1n) is 6.81. The van der Waals surface area contributed by atoms with Crippen molar-refractivity contribution < 1.29 is 13.2 Å². The Kier molecular flexibility index (Phi) is 5.15. The predicted molar refractivity (Wildman–Crippen MR) is 78.9 cm³/mol. The molecule has 1 aliphatic rings. The number of benzene rings is 1. The Morgan fingerprint density at radius 1 is 1.35 bits per heavy atom. The zero-order chi connectivity index (χ0) is 14.5. The molecule has 0 radical (unpaired) electrons. The summed E-state index contributed by atoms with van der Waals surface area (Å²) in [7, 11) is -1.68. The van der Waals surface area contributed by atoms with E-state index < -0.39 is 10.0 Å². The molecule has 112 valence electrons. The van der Waals surface area contributed by atoms with Gasteiger partial charge in [0, 0.05) is 13.7 Å². The van der Waals surface area contributed by atoms with Gasteiger partial charge in [-0.25, -0.2) is 13.1 Å². The summed E-state index contributed by atoms with van der Waals surface area (Å²) in [5.74, 6) is 0.0108. The fourth-order valence-electron chi connectivity index (χ4n) is 2.56. The van der Waals surface area contributed by atoms with Crippen LogP contribution in [0.15, 0.2) is 30.3 Å². The average Bonchev–Trinajstić information content (AvgIpc) is 2.87. The largest absolute Gasteiger partial charge is 0.383 e. The third-order valence-electron chi connectivity index (χ3n) is 3.58. The highest BCUT2D eigenvalue weighted by Crippen LogP contribution is 2.19. The van der Waals surface area contributed by atoms with Crippen molar-refractivity contribution in [1.82, 2.24) is 10.0 Å². The van der Waals surface area contributed by atoms with Crippen molar-refractivity contribution in [3.8, 4) is 0 Å². The number of hydrogen-bond donors (Lipinski definition) is 2. The van der Waals surface area contributed by atoms with Crippen molar-refractivity contribution in [3.05, 3.63) is 35.9 Å². The van der Waals surface area contributed by atoms with E-state index in [4.69, 9.17) is 4.74 Å². The van der Waals surface area contributed by atoms with Crippen LogP contribution < -0.4 is 10.0 Å². The van der Waals surface area contributed by atoms with E-state index in [9.17, 15) is 8.42 Å². The lowest BCUT2D eigenvalue weighted by Gasteiger charge is -2.28. The third kappa shape index (κ3) is 4.28. The van der Waals surface area contributed by atoms with Gasteiger partial charge in [0.2, 0.25) is 10.0 Å². The number of nitrogens with one attached hydrogen (secondary N) is 2. The number of rotatable bonds is 7. The first kappa shape index (κ1) is 15.4. The number of ether oxygens (including phenoxy) is 1. The molecule has 1 unspecified atom stereocenters. The second kappa shape index (κ2) is 6.67. The Morgan fingerprint density at radius 2 is 2.10 bits per heavy atom. The quantitative estimate of drug-likeness (QED) is 0.784. The zero-order valence-electron chi connectivity index (χ0n) is 11.8. The van der Waals surface area contributed by atoms with Crippen LogP contribution in [0.3, 0.4) is 0 Å². The van der Waals surface area contributed by atoms with Crippen LogP contribution in [0.25, 0.3) is 0 Å². The van der Waals surface area contributed by atoms with Gasteiger partial charge in [-0.05, 0) is 24.9 Å². The Morgan fingerprint density at radius 3 is 2.70 bits per heavy atom. The van der Waals surface area contributed by atoms with Gasteiger partial charge in [0.15, 0.2) is 0 Å². The molecule has 2 rings (SSSR count). The maximum Gasteiger partial charge on any atom is 0.215 e. The zero-order valence-corrected chi connectivity index (χ0v) is 12.6. The predicted octanol–water partition coefficient (Wildman–Crippen LogP) is 0.875. The molecule has 6 heteroatoms. The average molecular weight is 298 g/mol. The lowest BCUT2D eigenvalue weighted by atomic mass is 9.99. The van der Waals surface area contributed by atoms with Crippen LogP contribution in [-0.2, 0) is 20.5 Å². The topological polar surface area (TPSA) is 67.4 Å². The van der Waals surface area contributed by atoms with Crippen LogP contribution >= 0.6 is 0 Å². The highest BCUT2D eigenvalue weighted by Gasteiger charge is 2.34. The van der Waals surface area contributed by atoms with Crippen LogP contribution in [0, 0.1) is 0 Å². The van der Waals surface area contributed by atoms with Crippen molar-refractivity contribution in [2.75, 3.05) is 26.8 Å². The Balaban J connectivity index is 1.94. The molecule has 0 bridgehead atoms. The summed E-state index contributed by atoms with van der Waals surface area (Å²) in [6.45, 7) is 1.79. The van der Waals surface area contributed by atoms with Gasteiger partial charge in [0.1, 0.15) is 0 Å². The van der Waals surface area contributed by atoms with E-state index in [1.54, 1.807) is 7.11 Å². The van der Waals surface area contributed by atoms with E-state index in [0.717, 1.165) is 24.9 Å². The van der Waals surface area contributed by atoms with Crippen molar-refractivity contribution in [2.24, 2.45) is 0 Å². The van der Waals surface area contributed by atoms with Crippen molar-refractivity contribution in [3.63, 3.8) is 0 Å². The molecule has 20 heavy (non-hydrogen) atoms. The third-order valence-corrected chi connectivity index (χ3v) is 4.88. The van der Waals surface area contributed by atoms with Gasteiger partial charge < -0.3 is 10.1 Å². The SMILES string of the molecule is COCC1(CNS(=O)(=O)Cc2ccccc2)CCCN1. The van der Waals surface area contributed by atoms with Crippen LogP contribution in [0.4, 0.5) is 0 Å². The molecule has 1 aromatic carbocycles. The molecule has 0 aliphatic carbocycles. The molecule has 0 amide bonds. The summed E-state index contributed by atoms with van der Waals surface area (Å²) in [4.78, 5) is 0. The molecular weight excluding hydrogens is 276 g/mol. The van der Waals surface area contributed by atoms with Crippen molar-refractivity contribution >= 4 is 10.0 Å². The molecule has 0 saturated carbocycles. The standard InChI is InChI=1S/C14H22N2O3S/c1-19-12-14(8-5-9-15-14)11-16-20(17,18)10-13-6-3-2-4-7-13/h2-4,6-7,15-16H,5,8-12H2,1H3. The number of hydrogen-bond acceptors (Lipinski definition) is 4. The van der Waals surface area contributed by atoms with E-state index in [1.807, 2.05) is 30.3 Å². The first-order chi connectivity index (χ1) is 9.55. The molecule has 1 aromatic rings. The molecular formula is C14H22N2O3S. The minimum absolute atomic E-state index is 0.0108. The van der Waals surface area contributed by atoms with E-state index in [-0.39, 0.29) is 11.3 Å². The van der Waals surface area contributed by atoms with Gasteiger partial charge in [0.05, 0.1) is 17.9 Å². The summed E-state index contributed by atoms with van der Waals surface area (Å²) < 4.78 is 32.2. The van der Waals surface area contributed by atoms with Gasteiger partial charge in [-0.15, -0.1) is 0 Å². The monoisotopic (exact) mass is 298 g/mol. The lowest BCUT2D eigenvalue weighted by molar-refractivity contribution is 0.122. The Labute approximate surface area is 120 Å². The lowest BCUT2D eigenvalue weighted by Crippen LogP contribution is -2.53. The smallest absolute Gasteiger partial charge is 0.215 e. The minimum Gasteiger partial charge on any atom is -0.383 e. The number of sulfonamides is 1. The fourth-order valence-corrected chi connectivity index (χ4v) is 3.79. The van der Waals surface area contributed by atoms with E-state index >= 15 is 0 Å². The van der Waals surface area contributed by atoms with Gasteiger partial charge >= 0.3 is 0 Å². The van der Waals surface area contributed by atoms with Crippen LogP contribution in [0.2, 0.25) is 0 Å². The highest BCUT2D eigenvalue weighted by atomic mass is 32.2. The van der Waals surface area contributed by atoms with E-state index in [1.165, 1.54) is 0 Å². The highest BCUT2D eigenvalue weighted by molar-refractivity contribution is 7.88. The van der Waals surface area contributed by atoms with Gasteiger partial charge in [-0.3, -0.25) is 0 Å². The summed E-state index contributed by atoms with van der Waals surface area (Å²) >= 11 is 0. The molecule has 5 nitrogen and oxygen atoms in total. The normalized spacial score (nSPS) is 23.1.